The van der Waals surface area contributed by atoms with Crippen LogP contribution in [-0.2, 0) is 6.54 Å². The molecule has 1 atom stereocenters. The molecule has 0 amide bonds. The van der Waals surface area contributed by atoms with Crippen LogP contribution < -0.4 is 15.8 Å². The first-order valence-corrected chi connectivity index (χ1v) is 8.72. The van der Waals surface area contributed by atoms with E-state index in [0.717, 1.165) is 37.4 Å². The van der Waals surface area contributed by atoms with Gasteiger partial charge in [-0.05, 0) is 50.0 Å². The molecule has 1 aliphatic rings. The lowest BCUT2D eigenvalue weighted by atomic mass is 10.2. The fourth-order valence-electron chi connectivity index (χ4n) is 2.95. The highest BCUT2D eigenvalue weighted by atomic mass is 16.5. The van der Waals surface area contributed by atoms with Crippen molar-refractivity contribution in [3.63, 3.8) is 0 Å². The summed E-state index contributed by atoms with van der Waals surface area (Å²) in [6, 6.07) is 8.63. The molecule has 0 aliphatic carbocycles. The largest absolute Gasteiger partial charge is 0.494 e. The molecular formula is C18H30N4O. The molecule has 5 nitrogen and oxygen atoms in total. The number of nitrogens with one attached hydrogen (secondary N) is 1. The Morgan fingerprint density at radius 2 is 2.30 bits per heavy atom. The lowest BCUT2D eigenvalue weighted by Gasteiger charge is -2.23. The number of aliphatic imine (C=N–C) groups is 1. The molecule has 1 heterocycles. The Labute approximate surface area is 139 Å². The Kier molecular flexibility index (Phi) is 7.20. The molecular weight excluding hydrogens is 288 g/mol. The molecule has 1 fully saturated rings. The Balaban J connectivity index is 1.80. The van der Waals surface area contributed by atoms with Gasteiger partial charge in [0.2, 0.25) is 0 Å². The lowest BCUT2D eigenvalue weighted by Crippen LogP contribution is -2.42. The summed E-state index contributed by atoms with van der Waals surface area (Å²) in [7, 11) is 0. The van der Waals surface area contributed by atoms with Gasteiger partial charge in [0.05, 0.1) is 13.2 Å². The molecule has 5 heteroatoms. The van der Waals surface area contributed by atoms with Crippen LogP contribution in [-0.4, -0.2) is 43.1 Å². The van der Waals surface area contributed by atoms with E-state index in [1.54, 1.807) is 0 Å². The minimum Gasteiger partial charge on any atom is -0.494 e. The number of likely N-dealkylation sites (tertiary alicyclic amines) is 1. The zero-order valence-electron chi connectivity index (χ0n) is 14.4. The van der Waals surface area contributed by atoms with E-state index in [4.69, 9.17) is 10.5 Å². The molecule has 3 N–H and O–H groups in total. The average Bonchev–Trinajstić information content (AvgIpc) is 3.04. The van der Waals surface area contributed by atoms with E-state index in [0.29, 0.717) is 18.5 Å². The third kappa shape index (κ3) is 5.75. The topological polar surface area (TPSA) is 62.9 Å². The first-order chi connectivity index (χ1) is 11.2. The van der Waals surface area contributed by atoms with E-state index in [1.165, 1.54) is 19.4 Å². The van der Waals surface area contributed by atoms with Crippen LogP contribution in [0.25, 0.3) is 0 Å². The SMILES string of the molecule is CCCOc1cccc(CN=C(N)NCC2CCCN2CC)c1. The number of likely N-dealkylation sites (N-methyl/N-ethyl adjacent to an activating group) is 1. The Morgan fingerprint density at radius 3 is 3.09 bits per heavy atom. The Hall–Kier alpha value is -1.75. The first kappa shape index (κ1) is 17.6. The molecule has 0 bridgehead atoms. The number of hydrogen-bond acceptors (Lipinski definition) is 3. The van der Waals surface area contributed by atoms with E-state index in [-0.39, 0.29) is 0 Å². The van der Waals surface area contributed by atoms with E-state index >= 15 is 0 Å². The molecule has 1 aromatic carbocycles. The maximum absolute atomic E-state index is 5.99. The van der Waals surface area contributed by atoms with Gasteiger partial charge in [0.25, 0.3) is 0 Å². The van der Waals surface area contributed by atoms with Crippen molar-refractivity contribution < 1.29 is 4.74 Å². The van der Waals surface area contributed by atoms with E-state index in [1.807, 2.05) is 24.3 Å². The third-order valence-corrected chi connectivity index (χ3v) is 4.23. The number of nitrogens with zero attached hydrogens (tertiary/aromatic N) is 2. The standard InChI is InChI=1S/C18H30N4O/c1-3-11-23-17-9-5-7-15(12-17)13-20-18(19)21-14-16-8-6-10-22(16)4-2/h5,7,9,12,16H,3-4,6,8,10-11,13-14H2,1-2H3,(H3,19,20,21). The highest BCUT2D eigenvalue weighted by Crippen LogP contribution is 2.16. The summed E-state index contributed by atoms with van der Waals surface area (Å²) in [5, 5.41) is 3.26. The van der Waals surface area contributed by atoms with E-state index in [2.05, 4.69) is 29.1 Å². The van der Waals surface area contributed by atoms with Gasteiger partial charge in [0.1, 0.15) is 5.75 Å². The fourth-order valence-corrected chi connectivity index (χ4v) is 2.95. The molecule has 0 saturated carbocycles. The highest BCUT2D eigenvalue weighted by Gasteiger charge is 2.22. The van der Waals surface area contributed by atoms with Crippen molar-refractivity contribution in [1.82, 2.24) is 10.2 Å². The third-order valence-electron chi connectivity index (χ3n) is 4.23. The predicted octanol–water partition coefficient (Wildman–Crippen LogP) is 2.36. The van der Waals surface area contributed by atoms with Crippen molar-refractivity contribution in [2.24, 2.45) is 10.7 Å². The minimum atomic E-state index is 0.521. The number of nitrogens with two attached hydrogens (primary N) is 1. The summed E-state index contributed by atoms with van der Waals surface area (Å²) in [6.45, 7) is 8.81. The summed E-state index contributed by atoms with van der Waals surface area (Å²) in [5.41, 5.74) is 7.10. The second kappa shape index (κ2) is 9.40. The molecule has 1 aromatic rings. The van der Waals surface area contributed by atoms with E-state index < -0.39 is 0 Å². The molecule has 1 aliphatic heterocycles. The van der Waals surface area contributed by atoms with Gasteiger partial charge in [-0.15, -0.1) is 0 Å². The second-order valence-electron chi connectivity index (χ2n) is 6.00. The maximum atomic E-state index is 5.99. The van der Waals surface area contributed by atoms with Crippen LogP contribution in [0.4, 0.5) is 0 Å². The molecule has 1 unspecified atom stereocenters. The molecule has 2 rings (SSSR count). The zero-order valence-corrected chi connectivity index (χ0v) is 14.4. The summed E-state index contributed by atoms with van der Waals surface area (Å²) >= 11 is 0. The summed E-state index contributed by atoms with van der Waals surface area (Å²) < 4.78 is 5.64. The van der Waals surface area contributed by atoms with Gasteiger partial charge >= 0.3 is 0 Å². The van der Waals surface area contributed by atoms with Gasteiger partial charge < -0.3 is 15.8 Å². The van der Waals surface area contributed by atoms with Crippen LogP contribution in [0.5, 0.6) is 5.75 Å². The molecule has 0 aromatic heterocycles. The smallest absolute Gasteiger partial charge is 0.188 e. The lowest BCUT2D eigenvalue weighted by molar-refractivity contribution is 0.267. The molecule has 128 valence electrons. The van der Waals surface area contributed by atoms with Crippen LogP contribution in [0.15, 0.2) is 29.3 Å². The Morgan fingerprint density at radius 1 is 1.43 bits per heavy atom. The average molecular weight is 318 g/mol. The summed E-state index contributed by atoms with van der Waals surface area (Å²) in [4.78, 5) is 6.93. The van der Waals surface area contributed by atoms with Crippen molar-refractivity contribution in [2.75, 3.05) is 26.2 Å². The van der Waals surface area contributed by atoms with Crippen LogP contribution >= 0.6 is 0 Å². The van der Waals surface area contributed by atoms with Crippen LogP contribution in [0, 0.1) is 0 Å². The van der Waals surface area contributed by atoms with Gasteiger partial charge in [-0.1, -0.05) is 26.0 Å². The molecule has 23 heavy (non-hydrogen) atoms. The molecule has 0 radical (unpaired) electrons. The summed E-state index contributed by atoms with van der Waals surface area (Å²) in [5.74, 6) is 1.42. The van der Waals surface area contributed by atoms with Crippen LogP contribution in [0.2, 0.25) is 0 Å². The van der Waals surface area contributed by atoms with Crippen LogP contribution in [0.1, 0.15) is 38.7 Å². The van der Waals surface area contributed by atoms with Gasteiger partial charge in [0.15, 0.2) is 5.96 Å². The number of benzene rings is 1. The van der Waals surface area contributed by atoms with Gasteiger partial charge in [-0.25, -0.2) is 4.99 Å². The first-order valence-electron chi connectivity index (χ1n) is 8.72. The number of hydrogen-bond donors (Lipinski definition) is 2. The Bertz CT molecular complexity index is 504. The van der Waals surface area contributed by atoms with Crippen molar-refractivity contribution in [3.8, 4) is 5.75 Å². The number of guanidine groups is 1. The maximum Gasteiger partial charge on any atom is 0.188 e. The molecule has 1 saturated heterocycles. The summed E-state index contributed by atoms with van der Waals surface area (Å²) in [6.07, 6.45) is 3.53. The normalized spacial score (nSPS) is 19.0. The van der Waals surface area contributed by atoms with E-state index in [9.17, 15) is 0 Å². The van der Waals surface area contributed by atoms with Crippen molar-refractivity contribution in [1.29, 1.82) is 0 Å². The second-order valence-corrected chi connectivity index (χ2v) is 6.00. The highest BCUT2D eigenvalue weighted by molar-refractivity contribution is 5.77. The molecule has 0 spiro atoms. The van der Waals surface area contributed by atoms with Gasteiger partial charge in [-0.3, -0.25) is 4.90 Å². The quantitative estimate of drug-likeness (QED) is 0.570. The van der Waals surface area contributed by atoms with Gasteiger partial charge in [-0.2, -0.15) is 0 Å². The fraction of sp³-hybridized carbons (Fsp3) is 0.611. The predicted molar refractivity (Wildman–Crippen MR) is 95.8 cm³/mol. The minimum absolute atomic E-state index is 0.521. The van der Waals surface area contributed by atoms with Crippen LogP contribution in [0.3, 0.4) is 0 Å². The van der Waals surface area contributed by atoms with Crippen molar-refractivity contribution in [2.45, 2.75) is 45.7 Å². The number of ether oxygens (including phenoxy) is 1. The van der Waals surface area contributed by atoms with Crippen molar-refractivity contribution >= 4 is 5.96 Å². The monoisotopic (exact) mass is 318 g/mol. The number of rotatable bonds is 8. The van der Waals surface area contributed by atoms with Crippen molar-refractivity contribution in [3.05, 3.63) is 29.8 Å². The van der Waals surface area contributed by atoms with Gasteiger partial charge in [0, 0.05) is 12.6 Å². The zero-order chi connectivity index (χ0) is 16.5.